The molecule has 3 nitrogen and oxygen atoms in total. The lowest BCUT2D eigenvalue weighted by atomic mass is 10.1. The van der Waals surface area contributed by atoms with Crippen LogP contribution in [0.5, 0.6) is 0 Å². The molecule has 2 rings (SSSR count). The molecule has 0 saturated carbocycles. The van der Waals surface area contributed by atoms with E-state index in [9.17, 15) is 8.42 Å². The van der Waals surface area contributed by atoms with Crippen molar-refractivity contribution in [2.24, 2.45) is 5.92 Å². The smallest absolute Gasteiger partial charge is 0.145 e. The summed E-state index contributed by atoms with van der Waals surface area (Å²) >= 11 is 0. The minimum Gasteiger partial charge on any atom is -0.379 e. The van der Waals surface area contributed by atoms with Gasteiger partial charge in [-0.3, -0.25) is 8.42 Å². The number of aryl methyl sites for hydroxylation is 2. The SMILES string of the molecule is CO[C@@H](C(C)C)C([S@@](=O)c1ccc(C)cc1)[S@@](=O)c1ccc(C)cc1. The third kappa shape index (κ3) is 4.87. The number of hydrogen-bond donors (Lipinski definition) is 0. The molecule has 0 amide bonds. The quantitative estimate of drug-likeness (QED) is 0.725. The first-order valence-corrected chi connectivity index (χ1v) is 10.7. The maximum atomic E-state index is 13.3. The summed E-state index contributed by atoms with van der Waals surface area (Å²) in [6.45, 7) is 7.97. The van der Waals surface area contributed by atoms with Crippen molar-refractivity contribution in [1.29, 1.82) is 0 Å². The second-order valence-electron chi connectivity index (χ2n) is 6.53. The fourth-order valence-electron chi connectivity index (χ4n) is 2.63. The van der Waals surface area contributed by atoms with Gasteiger partial charge in [0.1, 0.15) is 4.58 Å². The van der Waals surface area contributed by atoms with Crippen LogP contribution in [0.4, 0.5) is 0 Å². The minimum atomic E-state index is -1.44. The highest BCUT2D eigenvalue weighted by Crippen LogP contribution is 2.27. The predicted octanol–water partition coefficient (Wildman–Crippen LogP) is 4.22. The van der Waals surface area contributed by atoms with Gasteiger partial charge in [-0.2, -0.15) is 0 Å². The Bertz CT molecular complexity index is 679. The normalized spacial score (nSPS) is 15.3. The van der Waals surface area contributed by atoms with Gasteiger partial charge in [-0.15, -0.1) is 0 Å². The van der Waals surface area contributed by atoms with Gasteiger partial charge in [0.05, 0.1) is 27.7 Å². The Labute approximate surface area is 155 Å². The second kappa shape index (κ2) is 8.88. The highest BCUT2D eigenvalue weighted by Gasteiger charge is 2.36. The summed E-state index contributed by atoms with van der Waals surface area (Å²) in [5, 5.41) is 0. The predicted molar refractivity (Wildman–Crippen MR) is 105 cm³/mol. The topological polar surface area (TPSA) is 43.4 Å². The van der Waals surface area contributed by atoms with Gasteiger partial charge in [0, 0.05) is 16.9 Å². The van der Waals surface area contributed by atoms with Crippen LogP contribution in [-0.2, 0) is 26.3 Å². The average molecular weight is 379 g/mol. The van der Waals surface area contributed by atoms with Gasteiger partial charge in [-0.1, -0.05) is 49.2 Å². The van der Waals surface area contributed by atoms with Crippen molar-refractivity contribution >= 4 is 21.6 Å². The summed E-state index contributed by atoms with van der Waals surface area (Å²) in [4.78, 5) is 1.36. The van der Waals surface area contributed by atoms with Gasteiger partial charge in [-0.25, -0.2) is 0 Å². The molecule has 136 valence electrons. The summed E-state index contributed by atoms with van der Waals surface area (Å²) in [5.74, 6) is 0.0961. The van der Waals surface area contributed by atoms with Crippen LogP contribution in [0.3, 0.4) is 0 Å². The van der Waals surface area contributed by atoms with Crippen LogP contribution in [0.25, 0.3) is 0 Å². The van der Waals surface area contributed by atoms with Crippen molar-refractivity contribution in [2.45, 2.75) is 48.2 Å². The molecule has 0 aliphatic heterocycles. The molecule has 3 atom stereocenters. The zero-order valence-electron chi connectivity index (χ0n) is 15.4. The molecule has 0 aliphatic rings. The van der Waals surface area contributed by atoms with Crippen LogP contribution in [0.15, 0.2) is 58.3 Å². The summed E-state index contributed by atoms with van der Waals surface area (Å²) in [5.41, 5.74) is 2.20. The maximum Gasteiger partial charge on any atom is 0.145 e. The number of hydrogen-bond acceptors (Lipinski definition) is 3. The van der Waals surface area contributed by atoms with Crippen LogP contribution < -0.4 is 0 Å². The lowest BCUT2D eigenvalue weighted by Gasteiger charge is -2.28. The fraction of sp³-hybridized carbons (Fsp3) is 0.400. The Hall–Kier alpha value is -1.30. The average Bonchev–Trinajstić information content (AvgIpc) is 2.59. The molecule has 0 aliphatic carbocycles. The van der Waals surface area contributed by atoms with Gasteiger partial charge >= 0.3 is 0 Å². The van der Waals surface area contributed by atoms with Crippen LogP contribution in [0.2, 0.25) is 0 Å². The van der Waals surface area contributed by atoms with E-state index in [4.69, 9.17) is 4.74 Å². The van der Waals surface area contributed by atoms with Gasteiger partial charge < -0.3 is 4.74 Å². The Morgan fingerprint density at radius 1 is 0.760 bits per heavy atom. The Morgan fingerprint density at radius 3 is 1.40 bits per heavy atom. The number of methoxy groups -OCH3 is 1. The van der Waals surface area contributed by atoms with Crippen LogP contribution in [0.1, 0.15) is 25.0 Å². The first-order chi connectivity index (χ1) is 11.8. The first-order valence-electron chi connectivity index (χ1n) is 8.32. The molecule has 2 aromatic rings. The molecular formula is C20H26O3S2. The summed E-state index contributed by atoms with van der Waals surface area (Å²) < 4.78 is 31.6. The molecule has 0 fully saturated rings. The second-order valence-corrected chi connectivity index (χ2v) is 9.98. The van der Waals surface area contributed by atoms with Crippen LogP contribution >= 0.6 is 0 Å². The monoisotopic (exact) mass is 378 g/mol. The molecule has 0 N–H and O–H groups in total. The molecule has 0 bridgehead atoms. The number of ether oxygens (including phenoxy) is 1. The van der Waals surface area contributed by atoms with Gasteiger partial charge in [0.2, 0.25) is 0 Å². The maximum absolute atomic E-state index is 13.3. The van der Waals surface area contributed by atoms with E-state index < -0.39 is 26.2 Å². The van der Waals surface area contributed by atoms with Crippen molar-refractivity contribution < 1.29 is 13.2 Å². The van der Waals surface area contributed by atoms with E-state index in [-0.39, 0.29) is 12.0 Å². The molecule has 0 aromatic heterocycles. The lowest BCUT2D eigenvalue weighted by Crippen LogP contribution is -2.39. The Kier molecular flexibility index (Phi) is 7.11. The lowest BCUT2D eigenvalue weighted by molar-refractivity contribution is 0.0767. The van der Waals surface area contributed by atoms with Crippen LogP contribution in [-0.4, -0.2) is 26.2 Å². The van der Waals surface area contributed by atoms with Gasteiger partial charge in [-0.05, 0) is 44.0 Å². The molecule has 0 heterocycles. The third-order valence-corrected chi connectivity index (χ3v) is 8.03. The zero-order chi connectivity index (χ0) is 18.6. The minimum absolute atomic E-state index is 0.0961. The number of benzene rings is 2. The Morgan fingerprint density at radius 2 is 1.12 bits per heavy atom. The van der Waals surface area contributed by atoms with E-state index in [0.29, 0.717) is 9.79 Å². The van der Waals surface area contributed by atoms with Crippen molar-refractivity contribution in [3.63, 3.8) is 0 Å². The van der Waals surface area contributed by atoms with E-state index in [1.807, 2.05) is 76.2 Å². The highest BCUT2D eigenvalue weighted by atomic mass is 32.2. The highest BCUT2D eigenvalue weighted by molar-refractivity contribution is 8.03. The first kappa shape index (κ1) is 20.0. The van der Waals surface area contributed by atoms with E-state index in [2.05, 4.69) is 0 Å². The third-order valence-electron chi connectivity index (χ3n) is 4.13. The van der Waals surface area contributed by atoms with Crippen LogP contribution in [0, 0.1) is 19.8 Å². The molecule has 25 heavy (non-hydrogen) atoms. The van der Waals surface area contributed by atoms with Gasteiger partial charge in [0.15, 0.2) is 0 Å². The molecule has 5 heteroatoms. The summed E-state index contributed by atoms with van der Waals surface area (Å²) in [7, 11) is -1.29. The van der Waals surface area contributed by atoms with Crippen molar-refractivity contribution in [3.8, 4) is 0 Å². The zero-order valence-corrected chi connectivity index (χ0v) is 17.0. The number of rotatable bonds is 7. The van der Waals surface area contributed by atoms with Crippen molar-refractivity contribution in [2.75, 3.05) is 7.11 Å². The standard InChI is InChI=1S/C20H26O3S2/c1-14(2)19(23-5)20(24(21)17-10-6-15(3)7-11-17)25(22)18-12-8-16(4)9-13-18/h6-14,19-20H,1-5H3/t19-,24-,25-/m0/s1. The fourth-order valence-corrected chi connectivity index (χ4v) is 6.62. The largest absolute Gasteiger partial charge is 0.379 e. The van der Waals surface area contributed by atoms with E-state index in [1.165, 1.54) is 0 Å². The van der Waals surface area contributed by atoms with Crippen molar-refractivity contribution in [1.82, 2.24) is 0 Å². The summed E-state index contributed by atoms with van der Waals surface area (Å²) in [6.07, 6.45) is -0.371. The Balaban J connectivity index is 2.45. The molecular weight excluding hydrogens is 352 g/mol. The molecule has 0 radical (unpaired) electrons. The molecule has 0 unspecified atom stereocenters. The molecule has 0 saturated heterocycles. The van der Waals surface area contributed by atoms with Crippen molar-refractivity contribution in [3.05, 3.63) is 59.7 Å². The van der Waals surface area contributed by atoms with E-state index in [1.54, 1.807) is 7.11 Å². The van der Waals surface area contributed by atoms with Gasteiger partial charge in [0.25, 0.3) is 0 Å². The molecule has 0 spiro atoms. The van der Waals surface area contributed by atoms with E-state index in [0.717, 1.165) is 11.1 Å². The van der Waals surface area contributed by atoms with E-state index >= 15 is 0 Å². The molecule has 2 aromatic carbocycles. The summed E-state index contributed by atoms with van der Waals surface area (Å²) in [6, 6.07) is 15.1.